The number of hydrogen-bond acceptors (Lipinski definition) is 2. The number of carboxylic acids is 1. The maximum atomic E-state index is 10.1. The van der Waals surface area contributed by atoms with Gasteiger partial charge in [0.05, 0.1) is 13.4 Å². The fraction of sp³-hybridized carbons (Fsp3) is 0.700. The number of rotatable bonds is 8. The molecule has 0 aliphatic rings. The van der Waals surface area contributed by atoms with Gasteiger partial charge in [0.1, 0.15) is 0 Å². The molecule has 0 aromatic rings. The lowest BCUT2D eigenvalue weighted by Crippen LogP contribution is -1.93. The number of allylic oxidation sites excluding steroid dienone is 1. The number of methoxy groups -OCH3 is 1. The van der Waals surface area contributed by atoms with Crippen LogP contribution in [-0.2, 0) is 9.53 Å². The summed E-state index contributed by atoms with van der Waals surface area (Å²) in [4.78, 5) is 10.1. The maximum Gasteiger partial charge on any atom is 0.303 e. The first kappa shape index (κ1) is 12.0. The molecular formula is C10H18O3. The van der Waals surface area contributed by atoms with Crippen molar-refractivity contribution >= 4 is 5.97 Å². The predicted molar refractivity (Wildman–Crippen MR) is 51.5 cm³/mol. The van der Waals surface area contributed by atoms with Gasteiger partial charge in [-0.05, 0) is 25.3 Å². The van der Waals surface area contributed by atoms with E-state index in [2.05, 4.69) is 0 Å². The highest BCUT2D eigenvalue weighted by molar-refractivity contribution is 5.66. The van der Waals surface area contributed by atoms with Gasteiger partial charge in [-0.3, -0.25) is 4.79 Å². The lowest BCUT2D eigenvalue weighted by Gasteiger charge is -1.96. The smallest absolute Gasteiger partial charge is 0.303 e. The highest BCUT2D eigenvalue weighted by Gasteiger charge is 1.95. The summed E-state index contributed by atoms with van der Waals surface area (Å²) < 4.78 is 4.74. The summed E-state index contributed by atoms with van der Waals surface area (Å²) in [6.45, 7) is 0. The summed E-state index contributed by atoms with van der Waals surface area (Å²) in [5.74, 6) is -0.695. The third kappa shape index (κ3) is 11.0. The number of carbonyl (C=O) groups is 1. The van der Waals surface area contributed by atoms with Gasteiger partial charge in [0.2, 0.25) is 0 Å². The number of aliphatic carboxylic acids is 1. The van der Waals surface area contributed by atoms with Crippen LogP contribution in [0.3, 0.4) is 0 Å². The molecule has 0 aromatic heterocycles. The molecular weight excluding hydrogens is 168 g/mol. The van der Waals surface area contributed by atoms with Crippen LogP contribution >= 0.6 is 0 Å². The van der Waals surface area contributed by atoms with Crippen molar-refractivity contribution < 1.29 is 14.6 Å². The first-order valence-electron chi connectivity index (χ1n) is 4.67. The molecule has 0 rings (SSSR count). The zero-order valence-electron chi connectivity index (χ0n) is 8.16. The van der Waals surface area contributed by atoms with Crippen LogP contribution < -0.4 is 0 Å². The van der Waals surface area contributed by atoms with Crippen molar-refractivity contribution in [2.45, 2.75) is 38.5 Å². The van der Waals surface area contributed by atoms with E-state index in [0.29, 0.717) is 6.42 Å². The van der Waals surface area contributed by atoms with E-state index in [-0.39, 0.29) is 0 Å². The summed E-state index contributed by atoms with van der Waals surface area (Å²) in [5.41, 5.74) is 0. The molecule has 0 heterocycles. The Morgan fingerprint density at radius 1 is 1.31 bits per heavy atom. The van der Waals surface area contributed by atoms with Crippen LogP contribution in [0.5, 0.6) is 0 Å². The predicted octanol–water partition coefficient (Wildman–Crippen LogP) is 2.57. The zero-order chi connectivity index (χ0) is 9.94. The fourth-order valence-corrected chi connectivity index (χ4v) is 1.06. The third-order valence-electron chi connectivity index (χ3n) is 1.74. The highest BCUT2D eigenvalue weighted by atomic mass is 16.5. The molecule has 3 heteroatoms. The van der Waals surface area contributed by atoms with Gasteiger partial charge in [0.15, 0.2) is 0 Å². The van der Waals surface area contributed by atoms with E-state index in [4.69, 9.17) is 9.84 Å². The van der Waals surface area contributed by atoms with Gasteiger partial charge in [0, 0.05) is 6.42 Å². The monoisotopic (exact) mass is 186 g/mol. The highest BCUT2D eigenvalue weighted by Crippen LogP contribution is 2.05. The average Bonchev–Trinajstić information content (AvgIpc) is 2.09. The number of unbranched alkanes of at least 4 members (excludes halogenated alkanes) is 4. The topological polar surface area (TPSA) is 46.5 Å². The number of hydrogen-bond donors (Lipinski definition) is 1. The van der Waals surface area contributed by atoms with Crippen LogP contribution in [0.4, 0.5) is 0 Å². The minimum absolute atomic E-state index is 0.300. The maximum absolute atomic E-state index is 10.1. The summed E-state index contributed by atoms with van der Waals surface area (Å²) in [7, 11) is 1.63. The standard InChI is InChI=1S/C10H18O3/c1-13-9-7-5-3-2-4-6-8-10(11)12/h7,9H,2-6,8H2,1H3,(H,11,12). The molecule has 0 aliphatic carbocycles. The van der Waals surface area contributed by atoms with Gasteiger partial charge >= 0.3 is 5.97 Å². The molecule has 13 heavy (non-hydrogen) atoms. The van der Waals surface area contributed by atoms with E-state index in [1.807, 2.05) is 6.08 Å². The summed E-state index contributed by atoms with van der Waals surface area (Å²) in [6.07, 6.45) is 8.99. The van der Waals surface area contributed by atoms with Crippen LogP contribution in [0.25, 0.3) is 0 Å². The molecule has 0 saturated carbocycles. The number of carboxylic acid groups (broad SMARTS) is 1. The molecule has 3 nitrogen and oxygen atoms in total. The van der Waals surface area contributed by atoms with E-state index in [1.165, 1.54) is 0 Å². The van der Waals surface area contributed by atoms with Crippen LogP contribution in [0.2, 0.25) is 0 Å². The van der Waals surface area contributed by atoms with E-state index >= 15 is 0 Å². The van der Waals surface area contributed by atoms with Gasteiger partial charge < -0.3 is 9.84 Å². The van der Waals surface area contributed by atoms with Gasteiger partial charge in [-0.15, -0.1) is 0 Å². The molecule has 1 N–H and O–H groups in total. The van der Waals surface area contributed by atoms with Gasteiger partial charge in [-0.2, -0.15) is 0 Å². The van der Waals surface area contributed by atoms with Gasteiger partial charge in [-0.25, -0.2) is 0 Å². The van der Waals surface area contributed by atoms with Crippen LogP contribution in [0.1, 0.15) is 38.5 Å². The lowest BCUT2D eigenvalue weighted by molar-refractivity contribution is -0.137. The normalized spacial score (nSPS) is 10.5. The molecule has 0 aromatic carbocycles. The molecule has 0 fully saturated rings. The van der Waals surface area contributed by atoms with Crippen molar-refractivity contribution in [3.05, 3.63) is 12.3 Å². The van der Waals surface area contributed by atoms with E-state index in [9.17, 15) is 4.79 Å². The Bertz CT molecular complexity index is 152. The van der Waals surface area contributed by atoms with Gasteiger partial charge in [-0.1, -0.05) is 12.8 Å². The molecule has 0 radical (unpaired) electrons. The average molecular weight is 186 g/mol. The van der Waals surface area contributed by atoms with Crippen molar-refractivity contribution in [2.75, 3.05) is 7.11 Å². The lowest BCUT2D eigenvalue weighted by atomic mass is 10.1. The minimum atomic E-state index is -0.695. The third-order valence-corrected chi connectivity index (χ3v) is 1.74. The van der Waals surface area contributed by atoms with E-state index in [0.717, 1.165) is 32.1 Å². The Kier molecular flexibility index (Phi) is 8.41. The molecule has 0 bridgehead atoms. The first-order valence-corrected chi connectivity index (χ1v) is 4.67. The quantitative estimate of drug-likeness (QED) is 0.468. The van der Waals surface area contributed by atoms with E-state index < -0.39 is 5.97 Å². The second-order valence-electron chi connectivity index (χ2n) is 2.95. The summed E-state index contributed by atoms with van der Waals surface area (Å²) in [6, 6.07) is 0. The Morgan fingerprint density at radius 3 is 2.62 bits per heavy atom. The van der Waals surface area contributed by atoms with Crippen molar-refractivity contribution in [3.63, 3.8) is 0 Å². The van der Waals surface area contributed by atoms with Crippen molar-refractivity contribution in [3.8, 4) is 0 Å². The largest absolute Gasteiger partial charge is 0.505 e. The Balaban J connectivity index is 2.99. The number of ether oxygens (including phenoxy) is 1. The van der Waals surface area contributed by atoms with E-state index in [1.54, 1.807) is 13.4 Å². The molecule has 0 amide bonds. The van der Waals surface area contributed by atoms with Crippen molar-refractivity contribution in [2.24, 2.45) is 0 Å². The molecule has 0 atom stereocenters. The van der Waals surface area contributed by atoms with Crippen LogP contribution in [0, 0.1) is 0 Å². The summed E-state index contributed by atoms with van der Waals surface area (Å²) >= 11 is 0. The van der Waals surface area contributed by atoms with Crippen molar-refractivity contribution in [1.29, 1.82) is 0 Å². The fourth-order valence-electron chi connectivity index (χ4n) is 1.06. The minimum Gasteiger partial charge on any atom is -0.505 e. The Labute approximate surface area is 79.4 Å². The first-order chi connectivity index (χ1) is 6.27. The Morgan fingerprint density at radius 2 is 2.00 bits per heavy atom. The molecule has 0 aliphatic heterocycles. The summed E-state index contributed by atoms with van der Waals surface area (Å²) in [5, 5.41) is 8.36. The molecule has 0 unspecified atom stereocenters. The molecule has 0 spiro atoms. The van der Waals surface area contributed by atoms with Gasteiger partial charge in [0.25, 0.3) is 0 Å². The Hall–Kier alpha value is -0.990. The molecule has 0 saturated heterocycles. The second kappa shape index (κ2) is 9.10. The zero-order valence-corrected chi connectivity index (χ0v) is 8.16. The molecule has 76 valence electrons. The SMILES string of the molecule is COC=CCCCCCCC(=O)O. The van der Waals surface area contributed by atoms with Crippen LogP contribution in [-0.4, -0.2) is 18.2 Å². The van der Waals surface area contributed by atoms with Crippen LogP contribution in [0.15, 0.2) is 12.3 Å². The second-order valence-corrected chi connectivity index (χ2v) is 2.95. The van der Waals surface area contributed by atoms with Crippen molar-refractivity contribution in [1.82, 2.24) is 0 Å².